The number of likely N-dealkylation sites (N-methyl/N-ethyl adjacent to an activating group) is 1. The van der Waals surface area contributed by atoms with Gasteiger partial charge < -0.3 is 24.8 Å². The standard InChI is InChI=1S/C27H24N2O4/c1-29-13-11-18(12-14-29)25-21(30)15-22(31)26-23(32)16-24(33-27(25)26)17-7-9-20(10-8-17)28-19-5-3-2-4-6-19/h2-11,15-16,28,30-31H,12-14H2,1H3. The molecule has 0 saturated carbocycles. The SMILES string of the molecule is CN1CC=C(c2c(O)cc(O)c3c(=O)cc(-c4ccc(Nc5ccccc5)cc4)oc23)CC1. The molecular formula is C27H24N2O4. The van der Waals surface area contributed by atoms with Crippen molar-refractivity contribution in [2.45, 2.75) is 6.42 Å². The molecule has 166 valence electrons. The van der Waals surface area contributed by atoms with Gasteiger partial charge in [0.25, 0.3) is 0 Å². The first-order valence-electron chi connectivity index (χ1n) is 10.8. The van der Waals surface area contributed by atoms with Crippen molar-refractivity contribution in [1.82, 2.24) is 4.90 Å². The van der Waals surface area contributed by atoms with E-state index in [0.29, 0.717) is 17.7 Å². The van der Waals surface area contributed by atoms with E-state index in [1.54, 1.807) is 0 Å². The molecule has 6 heteroatoms. The van der Waals surface area contributed by atoms with E-state index in [4.69, 9.17) is 4.42 Å². The Morgan fingerprint density at radius 2 is 1.67 bits per heavy atom. The lowest BCUT2D eigenvalue weighted by Gasteiger charge is -2.23. The zero-order valence-electron chi connectivity index (χ0n) is 18.2. The Morgan fingerprint density at radius 1 is 0.939 bits per heavy atom. The minimum atomic E-state index is -0.356. The van der Waals surface area contributed by atoms with E-state index in [9.17, 15) is 15.0 Å². The van der Waals surface area contributed by atoms with Crippen molar-refractivity contribution in [3.05, 3.63) is 88.6 Å². The molecule has 0 atom stereocenters. The fraction of sp³-hybridized carbons (Fsp3) is 0.148. The molecule has 2 heterocycles. The van der Waals surface area contributed by atoms with Crippen molar-refractivity contribution in [2.24, 2.45) is 0 Å². The Labute approximate surface area is 191 Å². The Morgan fingerprint density at radius 3 is 2.36 bits per heavy atom. The smallest absolute Gasteiger partial charge is 0.197 e. The van der Waals surface area contributed by atoms with Gasteiger partial charge in [0.15, 0.2) is 11.0 Å². The second-order valence-corrected chi connectivity index (χ2v) is 8.28. The summed E-state index contributed by atoms with van der Waals surface area (Å²) in [5, 5.41) is 24.4. The molecule has 3 N–H and O–H groups in total. The molecule has 1 aliphatic heterocycles. The largest absolute Gasteiger partial charge is 0.507 e. The molecule has 1 aliphatic rings. The average Bonchev–Trinajstić information content (AvgIpc) is 2.81. The van der Waals surface area contributed by atoms with Crippen molar-refractivity contribution in [2.75, 3.05) is 25.5 Å². The van der Waals surface area contributed by atoms with E-state index < -0.39 is 0 Å². The first-order chi connectivity index (χ1) is 16.0. The maximum Gasteiger partial charge on any atom is 0.197 e. The third-order valence-corrected chi connectivity index (χ3v) is 5.93. The predicted octanol–water partition coefficient (Wildman–Crippen LogP) is 5.33. The molecule has 0 aliphatic carbocycles. The van der Waals surface area contributed by atoms with E-state index in [1.807, 2.05) is 67.7 Å². The van der Waals surface area contributed by atoms with Gasteiger partial charge >= 0.3 is 0 Å². The van der Waals surface area contributed by atoms with Gasteiger partial charge in [-0.2, -0.15) is 0 Å². The number of anilines is 2. The maximum absolute atomic E-state index is 13.0. The normalized spacial score (nSPS) is 14.3. The van der Waals surface area contributed by atoms with E-state index >= 15 is 0 Å². The Bertz CT molecular complexity index is 1410. The van der Waals surface area contributed by atoms with Crippen molar-refractivity contribution < 1.29 is 14.6 Å². The minimum absolute atomic E-state index is 0.0775. The van der Waals surface area contributed by atoms with Crippen LogP contribution in [0.25, 0.3) is 27.9 Å². The van der Waals surface area contributed by atoms with Crippen LogP contribution in [-0.2, 0) is 0 Å². The van der Waals surface area contributed by atoms with Gasteiger partial charge in [-0.1, -0.05) is 24.3 Å². The van der Waals surface area contributed by atoms with Gasteiger partial charge in [-0.25, -0.2) is 0 Å². The number of nitrogens with one attached hydrogen (secondary N) is 1. The molecule has 0 radical (unpaired) electrons. The van der Waals surface area contributed by atoms with Gasteiger partial charge in [0, 0.05) is 42.2 Å². The summed E-state index contributed by atoms with van der Waals surface area (Å²) in [6.45, 7) is 1.56. The fourth-order valence-corrected chi connectivity index (χ4v) is 4.16. The van der Waals surface area contributed by atoms with Crippen LogP contribution in [0.15, 0.2) is 82.0 Å². The number of nitrogens with zero attached hydrogens (tertiary/aromatic N) is 1. The number of rotatable bonds is 4. The minimum Gasteiger partial charge on any atom is -0.507 e. The number of phenolic OH excluding ortho intramolecular Hbond substituents is 2. The van der Waals surface area contributed by atoms with E-state index in [0.717, 1.165) is 35.6 Å². The second-order valence-electron chi connectivity index (χ2n) is 8.28. The molecule has 0 unspecified atom stereocenters. The zero-order valence-corrected chi connectivity index (χ0v) is 18.2. The van der Waals surface area contributed by atoms with Crippen LogP contribution in [0.4, 0.5) is 11.4 Å². The second kappa shape index (κ2) is 8.48. The van der Waals surface area contributed by atoms with Gasteiger partial charge in [0.05, 0.1) is 5.56 Å². The summed E-state index contributed by atoms with van der Waals surface area (Å²) in [7, 11) is 2.02. The van der Waals surface area contributed by atoms with Gasteiger partial charge in [0.1, 0.15) is 22.6 Å². The zero-order chi connectivity index (χ0) is 22.9. The molecule has 3 aromatic carbocycles. The Balaban J connectivity index is 1.58. The van der Waals surface area contributed by atoms with Crippen LogP contribution < -0.4 is 10.7 Å². The van der Waals surface area contributed by atoms with E-state index in [2.05, 4.69) is 10.2 Å². The van der Waals surface area contributed by atoms with Gasteiger partial charge in [-0.15, -0.1) is 0 Å². The number of hydrogen-bond donors (Lipinski definition) is 3. The molecule has 5 rings (SSSR count). The Hall–Kier alpha value is -4.03. The van der Waals surface area contributed by atoms with Crippen LogP contribution in [0.2, 0.25) is 0 Å². The lowest BCUT2D eigenvalue weighted by atomic mass is 9.96. The number of benzene rings is 3. The first kappa shape index (κ1) is 20.8. The average molecular weight is 440 g/mol. The molecule has 0 bridgehead atoms. The fourth-order valence-electron chi connectivity index (χ4n) is 4.16. The third kappa shape index (κ3) is 4.08. The summed E-state index contributed by atoms with van der Waals surface area (Å²) < 4.78 is 6.16. The number of aromatic hydroxyl groups is 2. The van der Waals surface area contributed by atoms with Gasteiger partial charge in [0.2, 0.25) is 0 Å². The van der Waals surface area contributed by atoms with Crippen LogP contribution in [0.1, 0.15) is 12.0 Å². The van der Waals surface area contributed by atoms with Crippen LogP contribution in [-0.4, -0.2) is 35.3 Å². The first-order valence-corrected chi connectivity index (χ1v) is 10.8. The summed E-state index contributed by atoms with van der Waals surface area (Å²) in [5.74, 6) is -0.0143. The molecular weight excluding hydrogens is 416 g/mol. The molecule has 4 aromatic rings. The topological polar surface area (TPSA) is 85.9 Å². The lowest BCUT2D eigenvalue weighted by Crippen LogP contribution is -2.23. The van der Waals surface area contributed by atoms with Crippen molar-refractivity contribution in [1.29, 1.82) is 0 Å². The summed E-state index contributed by atoms with van der Waals surface area (Å²) in [4.78, 5) is 15.1. The highest BCUT2D eigenvalue weighted by Gasteiger charge is 2.22. The van der Waals surface area contributed by atoms with Crippen molar-refractivity contribution >= 4 is 27.9 Å². The molecule has 33 heavy (non-hydrogen) atoms. The van der Waals surface area contributed by atoms with Crippen LogP contribution >= 0.6 is 0 Å². The molecule has 0 spiro atoms. The highest BCUT2D eigenvalue weighted by molar-refractivity contribution is 5.96. The van der Waals surface area contributed by atoms with Crippen molar-refractivity contribution in [3.63, 3.8) is 0 Å². The third-order valence-electron chi connectivity index (χ3n) is 5.93. The lowest BCUT2D eigenvalue weighted by molar-refractivity contribution is 0.369. The quantitative estimate of drug-likeness (QED) is 0.398. The molecule has 1 aromatic heterocycles. The summed E-state index contributed by atoms with van der Waals surface area (Å²) >= 11 is 0. The van der Waals surface area contributed by atoms with Gasteiger partial charge in [-0.3, -0.25) is 4.79 Å². The molecule has 6 nitrogen and oxygen atoms in total. The highest BCUT2D eigenvalue weighted by atomic mass is 16.3. The number of hydrogen-bond acceptors (Lipinski definition) is 6. The number of fused-ring (bicyclic) bond motifs is 1. The predicted molar refractivity (Wildman–Crippen MR) is 131 cm³/mol. The number of para-hydroxylation sites is 1. The van der Waals surface area contributed by atoms with Crippen LogP contribution in [0.3, 0.4) is 0 Å². The van der Waals surface area contributed by atoms with E-state index in [-0.39, 0.29) is 27.9 Å². The molecule has 0 saturated heterocycles. The van der Waals surface area contributed by atoms with Crippen molar-refractivity contribution in [3.8, 4) is 22.8 Å². The number of phenols is 2. The summed E-state index contributed by atoms with van der Waals surface area (Å²) in [6, 6.07) is 20.0. The van der Waals surface area contributed by atoms with Gasteiger partial charge in [-0.05, 0) is 55.4 Å². The Kier molecular flexibility index (Phi) is 5.36. The maximum atomic E-state index is 13.0. The summed E-state index contributed by atoms with van der Waals surface area (Å²) in [6.07, 6.45) is 2.73. The van der Waals surface area contributed by atoms with Crippen LogP contribution in [0, 0.1) is 0 Å². The highest BCUT2D eigenvalue weighted by Crippen LogP contribution is 2.40. The molecule has 0 amide bonds. The summed E-state index contributed by atoms with van der Waals surface area (Å²) in [5.41, 5.74) is 3.82. The van der Waals surface area contributed by atoms with Crippen LogP contribution in [0.5, 0.6) is 11.5 Å². The molecule has 0 fully saturated rings. The van der Waals surface area contributed by atoms with E-state index in [1.165, 1.54) is 12.1 Å². The monoisotopic (exact) mass is 440 g/mol.